The first-order valence-corrected chi connectivity index (χ1v) is 8.89. The third-order valence-corrected chi connectivity index (χ3v) is 4.84. The van der Waals surface area contributed by atoms with Gasteiger partial charge in [-0.2, -0.15) is 4.52 Å². The summed E-state index contributed by atoms with van der Waals surface area (Å²) < 4.78 is 13.0. The van der Waals surface area contributed by atoms with Crippen molar-refractivity contribution in [1.82, 2.24) is 14.6 Å². The fourth-order valence-electron chi connectivity index (χ4n) is 2.83. The van der Waals surface area contributed by atoms with Crippen LogP contribution in [0, 0.1) is 0 Å². The molecule has 0 atom stereocenters. The topological polar surface area (TPSA) is 65.7 Å². The Kier molecular flexibility index (Phi) is 4.17. The Morgan fingerprint density at radius 2 is 1.79 bits per heavy atom. The first-order valence-electron chi connectivity index (χ1n) is 8.07. The van der Waals surface area contributed by atoms with E-state index in [1.165, 1.54) is 47.4 Å². The van der Waals surface area contributed by atoms with Gasteiger partial charge in [-0.25, -0.2) is 4.98 Å². The SMILES string of the molecule is O=c1ccnc2sc(Oc3ccc(OC4CCCCC4)cc3)nn12. The molecule has 24 heavy (non-hydrogen) atoms. The molecule has 0 aliphatic heterocycles. The molecule has 0 unspecified atom stereocenters. The summed E-state index contributed by atoms with van der Waals surface area (Å²) in [6.45, 7) is 0. The first kappa shape index (κ1) is 15.1. The van der Waals surface area contributed by atoms with Crippen molar-refractivity contribution in [3.8, 4) is 16.7 Å². The highest BCUT2D eigenvalue weighted by molar-refractivity contribution is 7.18. The van der Waals surface area contributed by atoms with Gasteiger partial charge in [-0.15, -0.1) is 5.10 Å². The third kappa shape index (κ3) is 3.26. The lowest BCUT2D eigenvalue weighted by molar-refractivity contribution is 0.155. The second-order valence-corrected chi connectivity index (χ2v) is 6.72. The van der Waals surface area contributed by atoms with Crippen molar-refractivity contribution < 1.29 is 9.47 Å². The number of ether oxygens (including phenoxy) is 2. The Morgan fingerprint density at radius 1 is 1.04 bits per heavy atom. The minimum atomic E-state index is -0.220. The highest BCUT2D eigenvalue weighted by atomic mass is 32.1. The monoisotopic (exact) mass is 343 g/mol. The summed E-state index contributed by atoms with van der Waals surface area (Å²) in [5.41, 5.74) is -0.220. The number of aromatic nitrogens is 3. The van der Waals surface area contributed by atoms with E-state index in [1.807, 2.05) is 24.3 Å². The second-order valence-electron chi connectivity index (χ2n) is 5.80. The molecule has 0 N–H and O–H groups in total. The standard InChI is InChI=1S/C17H17N3O3S/c21-15-10-11-18-16-20(15)19-17(24-16)23-14-8-6-13(7-9-14)22-12-4-2-1-3-5-12/h6-12H,1-5H2. The summed E-state index contributed by atoms with van der Waals surface area (Å²) in [6.07, 6.45) is 7.86. The molecule has 0 radical (unpaired) electrons. The predicted octanol–water partition coefficient (Wildman–Crippen LogP) is 3.65. The molecule has 0 spiro atoms. The van der Waals surface area contributed by atoms with Crippen LogP contribution < -0.4 is 15.0 Å². The summed E-state index contributed by atoms with van der Waals surface area (Å²) in [4.78, 5) is 16.3. The van der Waals surface area contributed by atoms with E-state index in [0.29, 0.717) is 22.0 Å². The van der Waals surface area contributed by atoms with Gasteiger partial charge in [0.15, 0.2) is 0 Å². The van der Waals surface area contributed by atoms with Gasteiger partial charge in [-0.3, -0.25) is 4.79 Å². The molecule has 1 aliphatic rings. The van der Waals surface area contributed by atoms with Gasteiger partial charge in [0.05, 0.1) is 6.10 Å². The molecular formula is C17H17N3O3S. The molecule has 1 fully saturated rings. The van der Waals surface area contributed by atoms with Crippen LogP contribution >= 0.6 is 11.3 Å². The maximum atomic E-state index is 11.7. The fourth-order valence-corrected chi connectivity index (χ4v) is 3.58. The van der Waals surface area contributed by atoms with Crippen molar-refractivity contribution in [1.29, 1.82) is 0 Å². The average Bonchev–Trinajstić information content (AvgIpc) is 3.02. The van der Waals surface area contributed by atoms with Crippen molar-refractivity contribution in [2.24, 2.45) is 0 Å². The Morgan fingerprint density at radius 3 is 2.54 bits per heavy atom. The zero-order chi connectivity index (χ0) is 16.4. The molecule has 2 aromatic heterocycles. The zero-order valence-electron chi connectivity index (χ0n) is 13.1. The lowest BCUT2D eigenvalue weighted by Crippen LogP contribution is -2.19. The van der Waals surface area contributed by atoms with Crippen LogP contribution in [0.1, 0.15) is 32.1 Å². The van der Waals surface area contributed by atoms with Gasteiger partial charge in [0, 0.05) is 12.3 Å². The highest BCUT2D eigenvalue weighted by Crippen LogP contribution is 2.28. The molecule has 3 aromatic rings. The molecular weight excluding hydrogens is 326 g/mol. The summed E-state index contributed by atoms with van der Waals surface area (Å²) >= 11 is 1.23. The normalized spacial score (nSPS) is 15.5. The number of rotatable bonds is 4. The van der Waals surface area contributed by atoms with Gasteiger partial charge in [0.25, 0.3) is 10.8 Å². The lowest BCUT2D eigenvalue weighted by Gasteiger charge is -2.22. The van der Waals surface area contributed by atoms with Crippen molar-refractivity contribution in [2.45, 2.75) is 38.2 Å². The molecule has 0 saturated heterocycles. The van der Waals surface area contributed by atoms with E-state index in [9.17, 15) is 4.79 Å². The molecule has 1 saturated carbocycles. The quantitative estimate of drug-likeness (QED) is 0.723. The molecule has 0 bridgehead atoms. The summed E-state index contributed by atoms with van der Waals surface area (Å²) in [5.74, 6) is 1.51. The van der Waals surface area contributed by atoms with Crippen molar-refractivity contribution in [2.75, 3.05) is 0 Å². The van der Waals surface area contributed by atoms with Gasteiger partial charge in [0.2, 0.25) is 4.96 Å². The van der Waals surface area contributed by atoms with E-state index in [1.54, 1.807) is 0 Å². The van der Waals surface area contributed by atoms with E-state index in [0.717, 1.165) is 18.6 Å². The number of hydrogen-bond acceptors (Lipinski definition) is 6. The Bertz CT molecular complexity index is 882. The van der Waals surface area contributed by atoms with Crippen molar-refractivity contribution >= 4 is 16.3 Å². The molecule has 2 heterocycles. The van der Waals surface area contributed by atoms with E-state index in [2.05, 4.69) is 10.1 Å². The van der Waals surface area contributed by atoms with Crippen molar-refractivity contribution in [3.05, 3.63) is 46.9 Å². The smallest absolute Gasteiger partial charge is 0.299 e. The second kappa shape index (κ2) is 6.60. The number of fused-ring (bicyclic) bond motifs is 1. The van der Waals surface area contributed by atoms with Crippen LogP contribution in [0.2, 0.25) is 0 Å². The van der Waals surface area contributed by atoms with Crippen molar-refractivity contribution in [3.63, 3.8) is 0 Å². The maximum Gasteiger partial charge on any atom is 0.299 e. The van der Waals surface area contributed by atoms with Gasteiger partial charge < -0.3 is 9.47 Å². The van der Waals surface area contributed by atoms with E-state index in [-0.39, 0.29) is 5.56 Å². The maximum absolute atomic E-state index is 11.7. The lowest BCUT2D eigenvalue weighted by atomic mass is 9.98. The minimum Gasteiger partial charge on any atom is -0.490 e. The Hall–Kier alpha value is -2.41. The largest absolute Gasteiger partial charge is 0.490 e. The number of nitrogens with zero attached hydrogens (tertiary/aromatic N) is 3. The Labute approximate surface area is 142 Å². The van der Waals surface area contributed by atoms with Crippen LogP contribution in [-0.2, 0) is 0 Å². The minimum absolute atomic E-state index is 0.220. The molecule has 1 aliphatic carbocycles. The van der Waals surface area contributed by atoms with Gasteiger partial charge in [-0.1, -0.05) is 6.42 Å². The van der Waals surface area contributed by atoms with Crippen LogP contribution in [0.25, 0.3) is 4.96 Å². The summed E-state index contributed by atoms with van der Waals surface area (Å²) in [5, 5.41) is 4.51. The van der Waals surface area contributed by atoms with E-state index < -0.39 is 0 Å². The molecule has 0 amide bonds. The molecule has 124 valence electrons. The van der Waals surface area contributed by atoms with Gasteiger partial charge in [-0.05, 0) is 61.3 Å². The van der Waals surface area contributed by atoms with Crippen LogP contribution in [0.15, 0.2) is 41.3 Å². The molecule has 4 rings (SSSR count). The fraction of sp³-hybridized carbons (Fsp3) is 0.353. The van der Waals surface area contributed by atoms with Crippen LogP contribution in [0.3, 0.4) is 0 Å². The molecule has 6 nitrogen and oxygen atoms in total. The molecule has 7 heteroatoms. The summed E-state index contributed by atoms with van der Waals surface area (Å²) in [7, 11) is 0. The van der Waals surface area contributed by atoms with E-state index >= 15 is 0 Å². The van der Waals surface area contributed by atoms with Gasteiger partial charge >= 0.3 is 0 Å². The average molecular weight is 343 g/mol. The predicted molar refractivity (Wildman–Crippen MR) is 91.2 cm³/mol. The molecule has 1 aromatic carbocycles. The zero-order valence-corrected chi connectivity index (χ0v) is 13.9. The number of hydrogen-bond donors (Lipinski definition) is 0. The first-order chi connectivity index (χ1) is 11.8. The van der Waals surface area contributed by atoms with Crippen LogP contribution in [0.4, 0.5) is 0 Å². The third-order valence-electron chi connectivity index (χ3n) is 4.04. The summed E-state index contributed by atoms with van der Waals surface area (Å²) in [6, 6.07) is 8.87. The van der Waals surface area contributed by atoms with E-state index in [4.69, 9.17) is 9.47 Å². The number of benzene rings is 1. The van der Waals surface area contributed by atoms with Gasteiger partial charge in [0.1, 0.15) is 11.5 Å². The van der Waals surface area contributed by atoms with Crippen LogP contribution in [0.5, 0.6) is 16.7 Å². The van der Waals surface area contributed by atoms with Crippen LogP contribution in [-0.4, -0.2) is 20.7 Å². The highest BCUT2D eigenvalue weighted by Gasteiger charge is 2.15. The Balaban J connectivity index is 1.46.